The van der Waals surface area contributed by atoms with E-state index in [-0.39, 0.29) is 5.75 Å². The summed E-state index contributed by atoms with van der Waals surface area (Å²) in [6.07, 6.45) is 2.11. The minimum atomic E-state index is -4.75. The van der Waals surface area contributed by atoms with Crippen molar-refractivity contribution in [1.82, 2.24) is 15.0 Å². The van der Waals surface area contributed by atoms with Gasteiger partial charge in [-0.2, -0.15) is 4.98 Å². The molecule has 9 heteroatoms. The van der Waals surface area contributed by atoms with Crippen LogP contribution in [0.15, 0.2) is 54.7 Å². The second kappa shape index (κ2) is 9.84. The van der Waals surface area contributed by atoms with Crippen LogP contribution in [0.1, 0.15) is 31.4 Å². The van der Waals surface area contributed by atoms with E-state index in [4.69, 9.17) is 0 Å². The molecule has 0 radical (unpaired) electrons. The lowest BCUT2D eigenvalue weighted by Gasteiger charge is -2.15. The van der Waals surface area contributed by atoms with Crippen LogP contribution < -0.4 is 15.4 Å². The highest BCUT2D eigenvalue weighted by Crippen LogP contribution is 2.29. The first kappa shape index (κ1) is 21.9. The number of ether oxygens (including phenoxy) is 1. The third-order valence-corrected chi connectivity index (χ3v) is 5.19. The monoisotopic (exact) mass is 443 g/mol. The van der Waals surface area contributed by atoms with Gasteiger partial charge in [0.1, 0.15) is 11.6 Å². The summed E-state index contributed by atoms with van der Waals surface area (Å²) in [4.78, 5) is 13.4. The van der Waals surface area contributed by atoms with Crippen LogP contribution in [0, 0.1) is 0 Å². The van der Waals surface area contributed by atoms with Crippen LogP contribution in [0.5, 0.6) is 5.75 Å². The van der Waals surface area contributed by atoms with E-state index < -0.39 is 6.36 Å². The van der Waals surface area contributed by atoms with E-state index >= 15 is 0 Å². The van der Waals surface area contributed by atoms with Crippen molar-refractivity contribution in [3.8, 4) is 17.0 Å². The second-order valence-electron chi connectivity index (χ2n) is 7.66. The van der Waals surface area contributed by atoms with Crippen molar-refractivity contribution in [3.63, 3.8) is 0 Å². The van der Waals surface area contributed by atoms with Gasteiger partial charge in [-0.25, -0.2) is 4.98 Å². The van der Waals surface area contributed by atoms with Gasteiger partial charge >= 0.3 is 6.36 Å². The van der Waals surface area contributed by atoms with Gasteiger partial charge in [0.2, 0.25) is 5.95 Å². The van der Waals surface area contributed by atoms with Gasteiger partial charge in [0.05, 0.1) is 5.69 Å². The second-order valence-corrected chi connectivity index (χ2v) is 7.66. The smallest absolute Gasteiger partial charge is 0.406 e. The van der Waals surface area contributed by atoms with Crippen LogP contribution in [0.4, 0.5) is 24.9 Å². The summed E-state index contributed by atoms with van der Waals surface area (Å²) < 4.78 is 42.0. The van der Waals surface area contributed by atoms with Crippen LogP contribution in [-0.2, 0) is 6.42 Å². The van der Waals surface area contributed by atoms with Crippen LogP contribution in [0.3, 0.4) is 0 Å². The molecule has 0 aliphatic heterocycles. The summed E-state index contributed by atoms with van der Waals surface area (Å²) in [5, 5.41) is 6.65. The lowest BCUT2D eigenvalue weighted by molar-refractivity contribution is -0.274. The summed E-state index contributed by atoms with van der Waals surface area (Å²) in [5.41, 5.74) is 1.97. The molecule has 32 heavy (non-hydrogen) atoms. The zero-order valence-electron chi connectivity index (χ0n) is 17.4. The molecule has 0 bridgehead atoms. The van der Waals surface area contributed by atoms with Crippen molar-refractivity contribution in [2.45, 2.75) is 44.5 Å². The van der Waals surface area contributed by atoms with Gasteiger partial charge in [-0.3, -0.25) is 4.98 Å². The predicted molar refractivity (Wildman–Crippen MR) is 116 cm³/mol. The molecule has 1 saturated carbocycles. The number of hydrogen-bond acceptors (Lipinski definition) is 6. The molecule has 2 N–H and O–H groups in total. The zero-order chi connectivity index (χ0) is 22.4. The van der Waals surface area contributed by atoms with Gasteiger partial charge in [-0.05, 0) is 37.1 Å². The molecule has 0 saturated heterocycles. The van der Waals surface area contributed by atoms with Gasteiger partial charge in [-0.15, -0.1) is 13.2 Å². The third-order valence-electron chi connectivity index (χ3n) is 5.19. The molecule has 0 atom stereocenters. The summed E-state index contributed by atoms with van der Waals surface area (Å²) in [6, 6.07) is 13.6. The Bertz CT molecular complexity index is 1020. The van der Waals surface area contributed by atoms with E-state index in [2.05, 4.69) is 30.3 Å². The van der Waals surface area contributed by atoms with Gasteiger partial charge in [0, 0.05) is 42.5 Å². The average molecular weight is 443 g/mol. The van der Waals surface area contributed by atoms with Crippen molar-refractivity contribution in [2.75, 3.05) is 17.2 Å². The highest BCUT2D eigenvalue weighted by atomic mass is 19.4. The molecule has 0 spiro atoms. The molecular weight excluding hydrogens is 419 g/mol. The Balaban J connectivity index is 1.56. The van der Waals surface area contributed by atoms with Crippen molar-refractivity contribution >= 4 is 11.8 Å². The fourth-order valence-corrected chi connectivity index (χ4v) is 3.72. The van der Waals surface area contributed by atoms with Crippen molar-refractivity contribution in [2.24, 2.45) is 0 Å². The number of benzene rings is 1. The van der Waals surface area contributed by atoms with Gasteiger partial charge in [-0.1, -0.05) is 31.0 Å². The zero-order valence-corrected chi connectivity index (χ0v) is 17.4. The Morgan fingerprint density at radius 2 is 1.84 bits per heavy atom. The van der Waals surface area contributed by atoms with Crippen molar-refractivity contribution in [1.29, 1.82) is 0 Å². The van der Waals surface area contributed by atoms with Crippen molar-refractivity contribution < 1.29 is 17.9 Å². The van der Waals surface area contributed by atoms with Gasteiger partial charge in [0.25, 0.3) is 0 Å². The Morgan fingerprint density at radius 3 is 2.59 bits per heavy atom. The molecule has 0 unspecified atom stereocenters. The van der Waals surface area contributed by atoms with Gasteiger partial charge in [0.15, 0.2) is 0 Å². The number of alkyl halides is 3. The van der Waals surface area contributed by atoms with E-state index in [0.717, 1.165) is 31.4 Å². The SMILES string of the molecule is FC(F)(F)Oc1cccc(-c2cc(NCCc3ccccn3)nc(NC3CCCC3)n2)c1. The Hall–Kier alpha value is -3.36. The summed E-state index contributed by atoms with van der Waals surface area (Å²) in [5.74, 6) is 0.758. The molecular formula is C23H24F3N5O. The maximum Gasteiger partial charge on any atom is 0.573 e. The fraction of sp³-hybridized carbons (Fsp3) is 0.348. The number of aromatic nitrogens is 3. The van der Waals surface area contributed by atoms with Gasteiger partial charge < -0.3 is 15.4 Å². The number of rotatable bonds is 8. The maximum absolute atomic E-state index is 12.6. The molecule has 1 aliphatic carbocycles. The van der Waals surface area contributed by atoms with Crippen LogP contribution >= 0.6 is 0 Å². The summed E-state index contributed by atoms with van der Waals surface area (Å²) in [7, 11) is 0. The van der Waals surface area contributed by atoms with E-state index in [0.29, 0.717) is 42.0 Å². The maximum atomic E-state index is 12.6. The fourth-order valence-electron chi connectivity index (χ4n) is 3.72. The molecule has 168 valence electrons. The van der Waals surface area contributed by atoms with Crippen LogP contribution in [0.2, 0.25) is 0 Å². The topological polar surface area (TPSA) is 72.0 Å². The first-order chi connectivity index (χ1) is 15.4. The molecule has 1 fully saturated rings. The Labute approximate surface area is 184 Å². The molecule has 6 nitrogen and oxygen atoms in total. The van der Waals surface area contributed by atoms with Crippen molar-refractivity contribution in [3.05, 3.63) is 60.4 Å². The molecule has 0 amide bonds. The average Bonchev–Trinajstić information content (AvgIpc) is 3.26. The normalized spacial score (nSPS) is 14.3. The summed E-state index contributed by atoms with van der Waals surface area (Å²) >= 11 is 0. The lowest BCUT2D eigenvalue weighted by atomic mass is 10.1. The quantitative estimate of drug-likeness (QED) is 0.483. The number of halogens is 3. The summed E-state index contributed by atoms with van der Waals surface area (Å²) in [6.45, 7) is 0.605. The predicted octanol–water partition coefficient (Wildman–Crippen LogP) is 5.45. The minimum absolute atomic E-state index is 0.288. The first-order valence-corrected chi connectivity index (χ1v) is 10.6. The molecule has 2 aromatic heterocycles. The molecule has 3 aromatic rings. The number of anilines is 2. The van der Waals surface area contributed by atoms with E-state index in [1.807, 2.05) is 18.2 Å². The molecule has 1 aromatic carbocycles. The van der Waals surface area contributed by atoms with Crippen LogP contribution in [0.25, 0.3) is 11.3 Å². The number of nitrogens with one attached hydrogen (secondary N) is 2. The number of nitrogens with zero attached hydrogens (tertiary/aromatic N) is 3. The Morgan fingerprint density at radius 1 is 1.00 bits per heavy atom. The van der Waals surface area contributed by atoms with E-state index in [1.54, 1.807) is 18.3 Å². The molecule has 1 aliphatic rings. The lowest BCUT2D eigenvalue weighted by Crippen LogP contribution is -2.18. The first-order valence-electron chi connectivity index (χ1n) is 10.6. The largest absolute Gasteiger partial charge is 0.573 e. The highest BCUT2D eigenvalue weighted by Gasteiger charge is 2.31. The minimum Gasteiger partial charge on any atom is -0.406 e. The Kier molecular flexibility index (Phi) is 6.72. The third kappa shape index (κ3) is 6.32. The van der Waals surface area contributed by atoms with E-state index in [1.165, 1.54) is 18.2 Å². The van der Waals surface area contributed by atoms with E-state index in [9.17, 15) is 13.2 Å². The standard InChI is InChI=1S/C23H24F3N5O/c24-23(25,26)32-19-10-5-6-16(14-19)20-15-21(28-13-11-17-7-3-4-12-27-17)31-22(30-20)29-18-8-1-2-9-18/h3-7,10,12,14-15,18H,1-2,8-9,11,13H2,(H2,28,29,30,31). The molecule has 2 heterocycles. The molecule has 4 rings (SSSR count). The number of hydrogen-bond donors (Lipinski definition) is 2. The van der Waals surface area contributed by atoms with Crippen LogP contribution in [-0.4, -0.2) is 33.9 Å². The number of pyridine rings is 1. The highest BCUT2D eigenvalue weighted by molar-refractivity contribution is 5.66.